The highest BCUT2D eigenvalue weighted by molar-refractivity contribution is 5.97. The SMILES string of the molecule is CC1NCCN(c2cccc([N+](=O)[O-])c2)C1=O. The van der Waals surface area contributed by atoms with Gasteiger partial charge in [-0.2, -0.15) is 0 Å². The van der Waals surface area contributed by atoms with Crippen LogP contribution in [0.4, 0.5) is 11.4 Å². The van der Waals surface area contributed by atoms with Crippen LogP contribution in [0, 0.1) is 10.1 Å². The van der Waals surface area contributed by atoms with Crippen molar-refractivity contribution in [3.8, 4) is 0 Å². The van der Waals surface area contributed by atoms with E-state index in [1.165, 1.54) is 12.1 Å². The lowest BCUT2D eigenvalue weighted by atomic mass is 10.2. The predicted octanol–water partition coefficient (Wildman–Crippen LogP) is 0.919. The van der Waals surface area contributed by atoms with Crippen LogP contribution in [0.1, 0.15) is 6.92 Å². The Kier molecular flexibility index (Phi) is 3.06. The number of nitrogens with one attached hydrogen (secondary N) is 1. The first-order chi connectivity index (χ1) is 8.09. The van der Waals surface area contributed by atoms with Crippen LogP contribution in [-0.4, -0.2) is 30.0 Å². The monoisotopic (exact) mass is 235 g/mol. The zero-order valence-electron chi connectivity index (χ0n) is 9.42. The van der Waals surface area contributed by atoms with Gasteiger partial charge in [0.2, 0.25) is 5.91 Å². The second-order valence-corrected chi connectivity index (χ2v) is 3.94. The Morgan fingerprint density at radius 1 is 1.53 bits per heavy atom. The van der Waals surface area contributed by atoms with Crippen LogP contribution < -0.4 is 10.2 Å². The first kappa shape index (κ1) is 11.5. The quantitative estimate of drug-likeness (QED) is 0.611. The van der Waals surface area contributed by atoms with Gasteiger partial charge < -0.3 is 10.2 Å². The van der Waals surface area contributed by atoms with Gasteiger partial charge in [0.15, 0.2) is 0 Å². The lowest BCUT2D eigenvalue weighted by Crippen LogP contribution is -2.53. The van der Waals surface area contributed by atoms with Crippen LogP contribution in [-0.2, 0) is 4.79 Å². The van der Waals surface area contributed by atoms with Gasteiger partial charge in [0.1, 0.15) is 0 Å². The zero-order valence-corrected chi connectivity index (χ0v) is 9.42. The van der Waals surface area contributed by atoms with Crippen molar-refractivity contribution >= 4 is 17.3 Å². The molecular formula is C11H13N3O3. The smallest absolute Gasteiger partial charge is 0.271 e. The minimum Gasteiger partial charge on any atom is -0.310 e. The number of non-ortho nitro benzene ring substituents is 1. The molecule has 1 aromatic carbocycles. The van der Waals surface area contributed by atoms with Crippen molar-refractivity contribution < 1.29 is 9.72 Å². The van der Waals surface area contributed by atoms with E-state index in [2.05, 4.69) is 5.32 Å². The summed E-state index contributed by atoms with van der Waals surface area (Å²) < 4.78 is 0. The molecule has 1 aliphatic rings. The molecule has 17 heavy (non-hydrogen) atoms. The van der Waals surface area contributed by atoms with Crippen LogP contribution in [0.25, 0.3) is 0 Å². The molecule has 0 spiro atoms. The van der Waals surface area contributed by atoms with E-state index in [1.807, 2.05) is 0 Å². The third-order valence-corrected chi connectivity index (χ3v) is 2.77. The maximum atomic E-state index is 11.9. The van der Waals surface area contributed by atoms with Gasteiger partial charge in [-0.15, -0.1) is 0 Å². The molecule has 1 atom stereocenters. The average molecular weight is 235 g/mol. The van der Waals surface area contributed by atoms with E-state index in [0.29, 0.717) is 18.8 Å². The van der Waals surface area contributed by atoms with Gasteiger partial charge in [-0.25, -0.2) is 0 Å². The standard InChI is InChI=1S/C11H13N3O3/c1-8-11(15)13(6-5-12-8)9-3-2-4-10(7-9)14(16)17/h2-4,7-8,12H,5-6H2,1H3. The Bertz CT molecular complexity index is 461. The molecule has 2 rings (SSSR count). The lowest BCUT2D eigenvalue weighted by Gasteiger charge is -2.31. The number of nitrogens with zero attached hydrogens (tertiary/aromatic N) is 2. The summed E-state index contributed by atoms with van der Waals surface area (Å²) in [4.78, 5) is 23.7. The fraction of sp³-hybridized carbons (Fsp3) is 0.364. The predicted molar refractivity (Wildman–Crippen MR) is 62.9 cm³/mol. The van der Waals surface area contributed by atoms with Gasteiger partial charge in [-0.3, -0.25) is 14.9 Å². The fourth-order valence-corrected chi connectivity index (χ4v) is 1.85. The van der Waals surface area contributed by atoms with Gasteiger partial charge in [0.05, 0.1) is 16.7 Å². The summed E-state index contributed by atoms with van der Waals surface area (Å²) in [5.41, 5.74) is 0.582. The van der Waals surface area contributed by atoms with Gasteiger partial charge >= 0.3 is 0 Å². The third-order valence-electron chi connectivity index (χ3n) is 2.77. The Morgan fingerprint density at radius 3 is 3.00 bits per heavy atom. The van der Waals surface area contributed by atoms with E-state index >= 15 is 0 Å². The first-order valence-electron chi connectivity index (χ1n) is 5.39. The number of rotatable bonds is 2. The molecular weight excluding hydrogens is 222 g/mol. The maximum absolute atomic E-state index is 11.9. The second-order valence-electron chi connectivity index (χ2n) is 3.94. The summed E-state index contributed by atoms with van der Waals surface area (Å²) in [6.07, 6.45) is 0. The van der Waals surface area contributed by atoms with Crippen molar-refractivity contribution in [2.24, 2.45) is 0 Å². The molecule has 90 valence electrons. The molecule has 1 aliphatic heterocycles. The molecule has 1 fully saturated rings. The van der Waals surface area contributed by atoms with Crippen molar-refractivity contribution in [1.82, 2.24) is 5.32 Å². The largest absolute Gasteiger partial charge is 0.310 e. The van der Waals surface area contributed by atoms with Crippen LogP contribution in [0.3, 0.4) is 0 Å². The van der Waals surface area contributed by atoms with E-state index < -0.39 is 4.92 Å². The molecule has 1 amide bonds. The van der Waals surface area contributed by atoms with Crippen molar-refractivity contribution in [3.05, 3.63) is 34.4 Å². The molecule has 1 heterocycles. The van der Waals surface area contributed by atoms with Crippen LogP contribution in [0.15, 0.2) is 24.3 Å². The summed E-state index contributed by atoms with van der Waals surface area (Å²) in [6.45, 7) is 3.01. The molecule has 0 aromatic heterocycles. The molecule has 1 saturated heterocycles. The highest BCUT2D eigenvalue weighted by Gasteiger charge is 2.26. The number of carbonyl (C=O) groups is 1. The van der Waals surface area contributed by atoms with Gasteiger partial charge in [0.25, 0.3) is 5.69 Å². The number of benzene rings is 1. The number of hydrogen-bond acceptors (Lipinski definition) is 4. The summed E-state index contributed by atoms with van der Waals surface area (Å²) in [5.74, 6) is -0.0586. The highest BCUT2D eigenvalue weighted by atomic mass is 16.6. The van der Waals surface area contributed by atoms with Crippen LogP contribution in [0.5, 0.6) is 0 Å². The number of nitro benzene ring substituents is 1. The number of amides is 1. The molecule has 1 aromatic rings. The Labute approximate surface area is 98.4 Å². The lowest BCUT2D eigenvalue weighted by molar-refractivity contribution is -0.384. The van der Waals surface area contributed by atoms with Crippen molar-refractivity contribution in [2.45, 2.75) is 13.0 Å². The molecule has 6 nitrogen and oxygen atoms in total. The van der Waals surface area contributed by atoms with Gasteiger partial charge in [-0.1, -0.05) is 6.07 Å². The molecule has 0 saturated carbocycles. The molecule has 1 unspecified atom stereocenters. The second kappa shape index (κ2) is 4.50. The zero-order chi connectivity index (χ0) is 12.4. The number of nitro groups is 1. The number of anilines is 1. The topological polar surface area (TPSA) is 75.5 Å². The summed E-state index contributed by atoms with van der Waals surface area (Å²) in [6, 6.07) is 5.90. The Morgan fingerprint density at radius 2 is 2.29 bits per heavy atom. The third kappa shape index (κ3) is 2.26. The molecule has 1 N–H and O–H groups in total. The summed E-state index contributed by atoms with van der Waals surface area (Å²) >= 11 is 0. The molecule has 0 aliphatic carbocycles. The maximum Gasteiger partial charge on any atom is 0.271 e. The Balaban J connectivity index is 2.30. The van der Waals surface area contributed by atoms with E-state index in [-0.39, 0.29) is 17.6 Å². The first-order valence-corrected chi connectivity index (χ1v) is 5.39. The van der Waals surface area contributed by atoms with E-state index in [0.717, 1.165) is 0 Å². The average Bonchev–Trinajstić information content (AvgIpc) is 2.33. The van der Waals surface area contributed by atoms with Crippen molar-refractivity contribution in [3.63, 3.8) is 0 Å². The van der Waals surface area contributed by atoms with Crippen LogP contribution in [0.2, 0.25) is 0 Å². The fourth-order valence-electron chi connectivity index (χ4n) is 1.85. The van der Waals surface area contributed by atoms with E-state index in [1.54, 1.807) is 24.0 Å². The van der Waals surface area contributed by atoms with E-state index in [9.17, 15) is 14.9 Å². The number of carbonyl (C=O) groups excluding carboxylic acids is 1. The molecule has 0 bridgehead atoms. The van der Waals surface area contributed by atoms with Crippen molar-refractivity contribution in [2.75, 3.05) is 18.0 Å². The minimum atomic E-state index is -0.459. The number of piperazine rings is 1. The number of hydrogen-bond donors (Lipinski definition) is 1. The Hall–Kier alpha value is -1.95. The summed E-state index contributed by atoms with van der Waals surface area (Å²) in [5, 5.41) is 13.7. The summed E-state index contributed by atoms with van der Waals surface area (Å²) in [7, 11) is 0. The van der Waals surface area contributed by atoms with Crippen LogP contribution >= 0.6 is 0 Å². The van der Waals surface area contributed by atoms with Crippen molar-refractivity contribution in [1.29, 1.82) is 0 Å². The highest BCUT2D eigenvalue weighted by Crippen LogP contribution is 2.22. The normalized spacial score (nSPS) is 20.4. The van der Waals surface area contributed by atoms with E-state index in [4.69, 9.17) is 0 Å². The molecule has 0 radical (unpaired) electrons. The van der Waals surface area contributed by atoms with Gasteiger partial charge in [-0.05, 0) is 13.0 Å². The molecule has 6 heteroatoms. The van der Waals surface area contributed by atoms with Gasteiger partial charge in [0, 0.05) is 25.2 Å². The minimum absolute atomic E-state index is 0.00138.